The molecule has 0 unspecified atom stereocenters. The van der Waals surface area contributed by atoms with Crippen molar-refractivity contribution in [3.8, 4) is 17.2 Å². The molecule has 4 heterocycles. The highest BCUT2D eigenvalue weighted by Crippen LogP contribution is 2.40. The van der Waals surface area contributed by atoms with Gasteiger partial charge in [-0.25, -0.2) is 9.37 Å². The molecule has 0 atom stereocenters. The van der Waals surface area contributed by atoms with E-state index in [-0.39, 0.29) is 5.52 Å². The molecule has 3 aromatic rings. The van der Waals surface area contributed by atoms with Crippen LogP contribution in [0.5, 0.6) is 5.75 Å². The lowest BCUT2D eigenvalue weighted by Gasteiger charge is -2.38. The van der Waals surface area contributed by atoms with E-state index in [9.17, 15) is 4.39 Å². The molecule has 9 heteroatoms. The molecule has 2 aliphatic rings. The molecule has 8 nitrogen and oxygen atoms in total. The molecular weight excluding hydrogens is 391 g/mol. The van der Waals surface area contributed by atoms with Crippen molar-refractivity contribution in [2.24, 2.45) is 0 Å². The first-order chi connectivity index (χ1) is 14.5. The van der Waals surface area contributed by atoms with Crippen LogP contribution in [0.25, 0.3) is 22.4 Å². The highest BCUT2D eigenvalue weighted by molar-refractivity contribution is 5.93. The number of fused-ring (bicyclic) bond motifs is 1. The molecule has 2 aliphatic heterocycles. The summed E-state index contributed by atoms with van der Waals surface area (Å²) in [4.78, 5) is 11.3. The smallest absolute Gasteiger partial charge is 0.261 e. The maximum atomic E-state index is 14.9. The minimum atomic E-state index is -0.512. The maximum absolute atomic E-state index is 14.9. The minimum Gasteiger partial charge on any atom is -0.497 e. The van der Waals surface area contributed by atoms with Crippen LogP contribution in [0.4, 0.5) is 10.2 Å². The maximum Gasteiger partial charge on any atom is 0.261 e. The van der Waals surface area contributed by atoms with E-state index >= 15 is 0 Å². The standard InChI is InChI=1S/C21H23FN4O4/c1-12-15-10-14(27-3)11-16(22)18(15)24-19(17(12)20-23-13(2)25-30-20)26-6-4-21(5-7-26)28-8-9-29-21/h10-11H,4-9H2,1-3H3. The van der Waals surface area contributed by atoms with Gasteiger partial charge < -0.3 is 23.6 Å². The molecule has 0 saturated carbocycles. The van der Waals surface area contributed by atoms with Crippen molar-refractivity contribution in [2.45, 2.75) is 32.5 Å². The zero-order valence-corrected chi connectivity index (χ0v) is 17.2. The number of methoxy groups -OCH3 is 1. The number of aryl methyl sites for hydroxylation is 2. The van der Waals surface area contributed by atoms with Gasteiger partial charge in [-0.2, -0.15) is 4.98 Å². The Kier molecular flexibility index (Phi) is 4.59. The zero-order chi connectivity index (χ0) is 20.9. The Morgan fingerprint density at radius 1 is 1.10 bits per heavy atom. The summed E-state index contributed by atoms with van der Waals surface area (Å²) in [6.07, 6.45) is 1.42. The van der Waals surface area contributed by atoms with E-state index < -0.39 is 11.6 Å². The number of pyridine rings is 1. The van der Waals surface area contributed by atoms with E-state index in [0.717, 1.165) is 5.56 Å². The van der Waals surface area contributed by atoms with Crippen LogP contribution in [0.2, 0.25) is 0 Å². The van der Waals surface area contributed by atoms with Crippen molar-refractivity contribution in [3.63, 3.8) is 0 Å². The van der Waals surface area contributed by atoms with Crippen LogP contribution >= 0.6 is 0 Å². The van der Waals surface area contributed by atoms with Gasteiger partial charge in [0.05, 0.1) is 25.9 Å². The Morgan fingerprint density at radius 2 is 1.83 bits per heavy atom. The van der Waals surface area contributed by atoms with E-state index in [2.05, 4.69) is 15.0 Å². The highest BCUT2D eigenvalue weighted by atomic mass is 19.1. The molecule has 1 spiro atoms. The van der Waals surface area contributed by atoms with Crippen LogP contribution in [-0.4, -0.2) is 54.3 Å². The molecule has 2 fully saturated rings. The predicted molar refractivity (Wildman–Crippen MR) is 107 cm³/mol. The van der Waals surface area contributed by atoms with Gasteiger partial charge in [0.15, 0.2) is 17.4 Å². The summed E-state index contributed by atoms with van der Waals surface area (Å²) < 4.78 is 37.3. The van der Waals surface area contributed by atoms with Crippen molar-refractivity contribution >= 4 is 16.7 Å². The monoisotopic (exact) mass is 414 g/mol. The second-order valence-corrected chi connectivity index (χ2v) is 7.68. The van der Waals surface area contributed by atoms with Crippen LogP contribution in [0.3, 0.4) is 0 Å². The van der Waals surface area contributed by atoms with Crippen molar-refractivity contribution in [1.82, 2.24) is 15.1 Å². The Bertz CT molecular complexity index is 1100. The number of aromatic nitrogens is 3. The van der Waals surface area contributed by atoms with E-state index in [1.54, 1.807) is 13.0 Å². The molecule has 1 aromatic carbocycles. The molecule has 2 aromatic heterocycles. The van der Waals surface area contributed by atoms with Gasteiger partial charge in [-0.1, -0.05) is 5.16 Å². The van der Waals surface area contributed by atoms with Gasteiger partial charge in [0, 0.05) is 37.4 Å². The Morgan fingerprint density at radius 3 is 2.47 bits per heavy atom. The van der Waals surface area contributed by atoms with Gasteiger partial charge in [-0.15, -0.1) is 0 Å². The largest absolute Gasteiger partial charge is 0.497 e. The number of hydrogen-bond donors (Lipinski definition) is 0. The van der Waals surface area contributed by atoms with Gasteiger partial charge in [0.1, 0.15) is 17.1 Å². The van der Waals surface area contributed by atoms with Gasteiger partial charge >= 0.3 is 0 Å². The summed E-state index contributed by atoms with van der Waals surface area (Å²) in [7, 11) is 1.51. The molecular formula is C21H23FN4O4. The number of anilines is 1. The fraction of sp³-hybridized carbons (Fsp3) is 0.476. The Balaban J connectivity index is 1.65. The summed E-state index contributed by atoms with van der Waals surface area (Å²) in [6.45, 7) is 6.24. The van der Waals surface area contributed by atoms with Crippen LogP contribution in [0, 0.1) is 19.7 Å². The summed E-state index contributed by atoms with van der Waals surface area (Å²) >= 11 is 0. The number of piperidine rings is 1. The third kappa shape index (κ3) is 3.09. The number of nitrogens with zero attached hydrogens (tertiary/aromatic N) is 4. The normalized spacial score (nSPS) is 18.5. The fourth-order valence-corrected chi connectivity index (χ4v) is 4.28. The molecule has 0 amide bonds. The minimum absolute atomic E-state index is 0.289. The summed E-state index contributed by atoms with van der Waals surface area (Å²) in [6, 6.07) is 3.13. The Labute approximate surface area is 172 Å². The van der Waals surface area contributed by atoms with Crippen molar-refractivity contribution in [3.05, 3.63) is 29.3 Å². The summed E-state index contributed by atoms with van der Waals surface area (Å²) in [5, 5.41) is 4.59. The van der Waals surface area contributed by atoms with E-state index in [1.807, 2.05) is 6.92 Å². The average Bonchev–Trinajstić information content (AvgIpc) is 3.38. The number of rotatable bonds is 3. The quantitative estimate of drug-likeness (QED) is 0.645. The molecule has 0 N–H and O–H groups in total. The molecule has 5 rings (SSSR count). The SMILES string of the molecule is COc1cc(F)c2nc(N3CCC4(CC3)OCCO4)c(-c3nc(C)no3)c(C)c2c1. The Hall–Kier alpha value is -2.78. The molecule has 0 aliphatic carbocycles. The van der Waals surface area contributed by atoms with Crippen LogP contribution in [0.15, 0.2) is 16.7 Å². The third-order valence-corrected chi connectivity index (χ3v) is 5.87. The van der Waals surface area contributed by atoms with E-state index in [1.165, 1.54) is 13.2 Å². The van der Waals surface area contributed by atoms with Crippen molar-refractivity contribution in [2.75, 3.05) is 38.3 Å². The molecule has 30 heavy (non-hydrogen) atoms. The van der Waals surface area contributed by atoms with Crippen LogP contribution in [-0.2, 0) is 9.47 Å². The summed E-state index contributed by atoms with van der Waals surface area (Å²) in [5.74, 6) is 1.01. The number of hydrogen-bond acceptors (Lipinski definition) is 8. The van der Waals surface area contributed by atoms with Gasteiger partial charge in [0.2, 0.25) is 0 Å². The van der Waals surface area contributed by atoms with E-state index in [0.29, 0.717) is 73.4 Å². The molecule has 0 bridgehead atoms. The lowest BCUT2D eigenvalue weighted by molar-refractivity contribution is -0.169. The van der Waals surface area contributed by atoms with Crippen LogP contribution in [0.1, 0.15) is 24.2 Å². The first-order valence-corrected chi connectivity index (χ1v) is 10.0. The topological polar surface area (TPSA) is 82.7 Å². The lowest BCUT2D eigenvalue weighted by atomic mass is 9.99. The first-order valence-electron chi connectivity index (χ1n) is 10.0. The van der Waals surface area contributed by atoms with Gasteiger partial charge in [-0.05, 0) is 25.5 Å². The summed E-state index contributed by atoms with van der Waals surface area (Å²) in [5.41, 5.74) is 1.81. The number of ether oxygens (including phenoxy) is 3. The van der Waals surface area contributed by atoms with Crippen LogP contribution < -0.4 is 9.64 Å². The van der Waals surface area contributed by atoms with E-state index in [4.69, 9.17) is 23.7 Å². The lowest BCUT2D eigenvalue weighted by Crippen LogP contribution is -2.45. The average molecular weight is 414 g/mol. The molecule has 2 saturated heterocycles. The zero-order valence-electron chi connectivity index (χ0n) is 17.2. The molecule has 0 radical (unpaired) electrons. The number of benzene rings is 1. The number of halogens is 1. The predicted octanol–water partition coefficient (Wildman–Crippen LogP) is 3.39. The highest BCUT2D eigenvalue weighted by Gasteiger charge is 2.41. The third-order valence-electron chi connectivity index (χ3n) is 5.87. The first kappa shape index (κ1) is 19.2. The van der Waals surface area contributed by atoms with Gasteiger partial charge in [-0.3, -0.25) is 0 Å². The molecule has 158 valence electrons. The fourth-order valence-electron chi connectivity index (χ4n) is 4.28. The second kappa shape index (κ2) is 7.17. The van der Waals surface area contributed by atoms with Crippen molar-refractivity contribution in [1.29, 1.82) is 0 Å². The van der Waals surface area contributed by atoms with Crippen molar-refractivity contribution < 1.29 is 23.1 Å². The van der Waals surface area contributed by atoms with Gasteiger partial charge in [0.25, 0.3) is 5.89 Å². The second-order valence-electron chi connectivity index (χ2n) is 7.68.